The van der Waals surface area contributed by atoms with Gasteiger partial charge in [-0.15, -0.1) is 0 Å². The second-order valence-electron chi connectivity index (χ2n) is 8.59. The highest BCUT2D eigenvalue weighted by molar-refractivity contribution is 5.65. The third-order valence-corrected chi connectivity index (χ3v) is 6.25. The number of nitrogen functional groups attached to an aromatic ring is 1. The average Bonchev–Trinajstić information content (AvgIpc) is 3.40. The molecule has 0 aliphatic carbocycles. The van der Waals surface area contributed by atoms with Gasteiger partial charge in [0.1, 0.15) is 29.7 Å². The fourth-order valence-electron chi connectivity index (χ4n) is 4.43. The lowest BCUT2D eigenvalue weighted by Gasteiger charge is -2.26. The van der Waals surface area contributed by atoms with Gasteiger partial charge in [-0.1, -0.05) is 60.7 Å². The van der Waals surface area contributed by atoms with Crippen molar-refractivity contribution >= 4 is 11.3 Å². The lowest BCUT2D eigenvalue weighted by Crippen LogP contribution is -2.38. The Morgan fingerprint density at radius 1 is 1.00 bits per heavy atom. The number of halogens is 1. The Morgan fingerprint density at radius 2 is 1.68 bits per heavy atom. The Hall–Kier alpha value is -3.33. The van der Waals surface area contributed by atoms with Crippen LogP contribution in [-0.2, 0) is 33.0 Å². The molecular formula is C26H27FN4O3. The molecule has 0 spiro atoms. The number of hydrogen-bond acceptors (Lipinski definition) is 6. The molecule has 0 bridgehead atoms. The Bertz CT molecular complexity index is 1240. The molecule has 7 nitrogen and oxygen atoms in total. The molecule has 1 aliphatic heterocycles. The highest BCUT2D eigenvalue weighted by Crippen LogP contribution is 2.43. The smallest absolute Gasteiger partial charge is 0.163 e. The minimum atomic E-state index is -1.46. The molecule has 176 valence electrons. The van der Waals surface area contributed by atoms with E-state index >= 15 is 4.39 Å². The first-order valence-electron chi connectivity index (χ1n) is 11.2. The fraction of sp³-hybridized carbons (Fsp3) is 0.308. The molecule has 0 amide bonds. The number of ether oxygens (including phenoxy) is 3. The van der Waals surface area contributed by atoms with Crippen LogP contribution < -0.4 is 5.73 Å². The zero-order chi connectivity index (χ0) is 23.5. The molecule has 2 aromatic carbocycles. The Labute approximate surface area is 197 Å². The third-order valence-electron chi connectivity index (χ3n) is 6.25. The van der Waals surface area contributed by atoms with Crippen molar-refractivity contribution in [3.63, 3.8) is 0 Å². The predicted octanol–water partition coefficient (Wildman–Crippen LogP) is 4.07. The van der Waals surface area contributed by atoms with E-state index in [4.69, 9.17) is 19.9 Å². The van der Waals surface area contributed by atoms with Crippen LogP contribution in [0, 0.1) is 0 Å². The molecule has 2 aromatic heterocycles. The summed E-state index contributed by atoms with van der Waals surface area (Å²) in [7, 11) is 0. The summed E-state index contributed by atoms with van der Waals surface area (Å²) < 4.78 is 36.1. The second-order valence-corrected chi connectivity index (χ2v) is 8.59. The summed E-state index contributed by atoms with van der Waals surface area (Å²) in [5, 5.41) is 4.28. The molecule has 4 atom stereocenters. The first-order chi connectivity index (χ1) is 16.6. The highest BCUT2D eigenvalue weighted by atomic mass is 19.1. The van der Waals surface area contributed by atoms with Gasteiger partial charge in [0.2, 0.25) is 0 Å². The van der Waals surface area contributed by atoms with Crippen molar-refractivity contribution in [3.8, 4) is 0 Å². The molecule has 2 N–H and O–H groups in total. The van der Waals surface area contributed by atoms with E-state index in [9.17, 15) is 0 Å². The van der Waals surface area contributed by atoms with Crippen molar-refractivity contribution in [2.75, 3.05) is 12.3 Å². The first-order valence-corrected chi connectivity index (χ1v) is 11.2. The van der Waals surface area contributed by atoms with Crippen molar-refractivity contribution in [1.82, 2.24) is 14.6 Å². The molecule has 3 heterocycles. The van der Waals surface area contributed by atoms with Crippen LogP contribution in [0.25, 0.3) is 5.52 Å². The van der Waals surface area contributed by atoms with Gasteiger partial charge in [-0.3, -0.25) is 0 Å². The van der Waals surface area contributed by atoms with Gasteiger partial charge >= 0.3 is 0 Å². The van der Waals surface area contributed by atoms with E-state index < -0.39 is 24.0 Å². The second kappa shape index (κ2) is 9.50. The van der Waals surface area contributed by atoms with Crippen LogP contribution in [0.2, 0.25) is 0 Å². The van der Waals surface area contributed by atoms with Crippen LogP contribution in [-0.4, -0.2) is 39.6 Å². The fourth-order valence-corrected chi connectivity index (χ4v) is 4.43. The zero-order valence-electron chi connectivity index (χ0n) is 18.9. The Morgan fingerprint density at radius 3 is 2.38 bits per heavy atom. The van der Waals surface area contributed by atoms with Gasteiger partial charge < -0.3 is 19.9 Å². The number of alkyl halides is 1. The summed E-state index contributed by atoms with van der Waals surface area (Å²) >= 11 is 0. The highest BCUT2D eigenvalue weighted by Gasteiger charge is 2.56. The van der Waals surface area contributed by atoms with Gasteiger partial charge in [0, 0.05) is 0 Å². The number of rotatable bonds is 8. The van der Waals surface area contributed by atoms with Crippen molar-refractivity contribution in [2.45, 2.75) is 44.1 Å². The molecule has 0 saturated carbocycles. The monoisotopic (exact) mass is 462 g/mol. The van der Waals surface area contributed by atoms with Crippen LogP contribution in [0.3, 0.4) is 0 Å². The molecule has 0 radical (unpaired) electrons. The molecule has 34 heavy (non-hydrogen) atoms. The average molecular weight is 463 g/mol. The lowest BCUT2D eigenvalue weighted by molar-refractivity contribution is -0.0987. The maximum Gasteiger partial charge on any atom is 0.163 e. The number of hydrogen-bond donors (Lipinski definition) is 1. The van der Waals surface area contributed by atoms with E-state index in [-0.39, 0.29) is 13.2 Å². The first kappa shape index (κ1) is 22.5. The number of aromatic nitrogens is 3. The predicted molar refractivity (Wildman–Crippen MR) is 126 cm³/mol. The van der Waals surface area contributed by atoms with Gasteiger partial charge in [-0.2, -0.15) is 5.10 Å². The SMILES string of the molecule is CC1(c2ccc3c(N)ncnn23)OC(COCc2ccccc2)C(OCc2ccccc2)C1F. The van der Waals surface area contributed by atoms with E-state index in [2.05, 4.69) is 10.1 Å². The van der Waals surface area contributed by atoms with Crippen LogP contribution in [0.1, 0.15) is 23.7 Å². The van der Waals surface area contributed by atoms with Gasteiger partial charge in [-0.05, 0) is 30.2 Å². The maximum atomic E-state index is 16.1. The number of benzene rings is 2. The quantitative estimate of drug-likeness (QED) is 0.425. The zero-order valence-corrected chi connectivity index (χ0v) is 18.9. The number of nitrogens with two attached hydrogens (primary N) is 1. The van der Waals surface area contributed by atoms with Crippen LogP contribution in [0.5, 0.6) is 0 Å². The van der Waals surface area contributed by atoms with E-state index in [1.165, 1.54) is 6.33 Å². The summed E-state index contributed by atoms with van der Waals surface area (Å²) in [6, 6.07) is 23.1. The standard InChI is InChI=1S/C26H27FN4O3/c1-26(22-13-12-20-25(28)29-17-30-31(20)22)24(27)23(33-15-19-10-6-3-7-11-19)21(34-26)16-32-14-18-8-4-2-5-9-18/h2-13,17,21,23-24H,14-16H2,1H3,(H2,28,29,30). The summed E-state index contributed by atoms with van der Waals surface area (Å²) in [6.45, 7) is 2.57. The number of fused-ring (bicyclic) bond motifs is 1. The molecule has 5 rings (SSSR count). The van der Waals surface area contributed by atoms with Crippen molar-refractivity contribution < 1.29 is 18.6 Å². The van der Waals surface area contributed by atoms with Crippen LogP contribution in [0.15, 0.2) is 79.1 Å². The Kier molecular flexibility index (Phi) is 6.28. The summed E-state index contributed by atoms with van der Waals surface area (Å²) in [4.78, 5) is 4.02. The lowest BCUT2D eigenvalue weighted by atomic mass is 9.94. The normalized spacial score (nSPS) is 24.6. The molecular weight excluding hydrogens is 435 g/mol. The van der Waals surface area contributed by atoms with E-state index in [1.807, 2.05) is 60.7 Å². The van der Waals surface area contributed by atoms with E-state index in [0.717, 1.165) is 11.1 Å². The van der Waals surface area contributed by atoms with Crippen LogP contribution >= 0.6 is 0 Å². The maximum absolute atomic E-state index is 16.1. The minimum Gasteiger partial charge on any atom is -0.382 e. The van der Waals surface area contributed by atoms with Crippen molar-refractivity contribution in [2.24, 2.45) is 0 Å². The Balaban J connectivity index is 1.39. The van der Waals surface area contributed by atoms with Gasteiger partial charge in [-0.25, -0.2) is 13.9 Å². The van der Waals surface area contributed by atoms with E-state index in [0.29, 0.717) is 23.6 Å². The molecule has 4 unspecified atom stereocenters. The minimum absolute atomic E-state index is 0.185. The largest absolute Gasteiger partial charge is 0.382 e. The molecule has 1 aliphatic rings. The van der Waals surface area contributed by atoms with Gasteiger partial charge in [0.25, 0.3) is 0 Å². The molecule has 1 fully saturated rings. The van der Waals surface area contributed by atoms with Crippen molar-refractivity contribution in [3.05, 3.63) is 95.9 Å². The molecule has 8 heteroatoms. The van der Waals surface area contributed by atoms with E-state index in [1.54, 1.807) is 23.6 Å². The summed E-state index contributed by atoms with van der Waals surface area (Å²) in [6.07, 6.45) is -1.56. The van der Waals surface area contributed by atoms with Gasteiger partial charge in [0.15, 0.2) is 12.0 Å². The van der Waals surface area contributed by atoms with Crippen LogP contribution in [0.4, 0.5) is 10.2 Å². The van der Waals surface area contributed by atoms with Crippen molar-refractivity contribution in [1.29, 1.82) is 0 Å². The number of anilines is 1. The number of nitrogens with zero attached hydrogens (tertiary/aromatic N) is 3. The molecule has 4 aromatic rings. The summed E-state index contributed by atoms with van der Waals surface area (Å²) in [5.74, 6) is 0.317. The summed E-state index contributed by atoms with van der Waals surface area (Å²) in [5.41, 5.74) is 7.81. The third kappa shape index (κ3) is 4.27. The topological polar surface area (TPSA) is 83.9 Å². The van der Waals surface area contributed by atoms with Gasteiger partial charge in [0.05, 0.1) is 25.5 Å². The molecule has 1 saturated heterocycles.